The second-order valence-corrected chi connectivity index (χ2v) is 6.34. The molecule has 0 aliphatic carbocycles. The molecule has 1 fully saturated rings. The van der Waals surface area contributed by atoms with Gasteiger partial charge in [-0.15, -0.1) is 0 Å². The lowest BCUT2D eigenvalue weighted by Gasteiger charge is -2.31. The van der Waals surface area contributed by atoms with Gasteiger partial charge in [0.1, 0.15) is 0 Å². The molecule has 3 unspecified atom stereocenters. The lowest BCUT2D eigenvalue weighted by atomic mass is 9.84. The van der Waals surface area contributed by atoms with Crippen LogP contribution < -0.4 is 5.73 Å². The molecule has 0 radical (unpaired) electrons. The summed E-state index contributed by atoms with van der Waals surface area (Å²) in [5.41, 5.74) is 6.90. The van der Waals surface area contributed by atoms with Crippen LogP contribution in [0.3, 0.4) is 0 Å². The summed E-state index contributed by atoms with van der Waals surface area (Å²) in [4.78, 5) is 15.4. The number of carbonyl (C=O) groups is 1. The van der Waals surface area contributed by atoms with Crippen molar-refractivity contribution in [1.29, 1.82) is 0 Å². The zero-order chi connectivity index (χ0) is 15.4. The smallest absolute Gasteiger partial charge is 0.230 e. The second-order valence-electron chi connectivity index (χ2n) is 5.87. The van der Waals surface area contributed by atoms with Crippen molar-refractivity contribution in [3.05, 3.63) is 35.9 Å². The van der Waals surface area contributed by atoms with Crippen LogP contribution in [0.25, 0.3) is 0 Å². The Morgan fingerprint density at radius 3 is 2.67 bits per heavy atom. The van der Waals surface area contributed by atoms with Crippen LogP contribution in [-0.4, -0.2) is 28.4 Å². The average Bonchev–Trinajstić information content (AvgIpc) is 2.98. The molecule has 21 heavy (non-hydrogen) atoms. The molecule has 0 saturated carbocycles. The minimum Gasteiger partial charge on any atom is -0.392 e. The molecular weight excluding hydrogens is 280 g/mol. The van der Waals surface area contributed by atoms with E-state index in [1.165, 1.54) is 0 Å². The van der Waals surface area contributed by atoms with E-state index >= 15 is 0 Å². The van der Waals surface area contributed by atoms with Crippen molar-refractivity contribution in [3.63, 3.8) is 0 Å². The van der Waals surface area contributed by atoms with Gasteiger partial charge in [-0.25, -0.2) is 0 Å². The summed E-state index contributed by atoms with van der Waals surface area (Å²) in [6.07, 6.45) is 2.84. The number of hydrogen-bond donors (Lipinski definition) is 1. The quantitative estimate of drug-likeness (QED) is 0.850. The summed E-state index contributed by atoms with van der Waals surface area (Å²) < 4.78 is 0. The van der Waals surface area contributed by atoms with Crippen molar-refractivity contribution in [1.82, 2.24) is 4.90 Å². The van der Waals surface area contributed by atoms with Gasteiger partial charge < -0.3 is 10.6 Å². The van der Waals surface area contributed by atoms with Crippen molar-refractivity contribution in [2.75, 3.05) is 6.54 Å². The third kappa shape index (κ3) is 3.43. The molecule has 0 bridgehead atoms. The van der Waals surface area contributed by atoms with Gasteiger partial charge in [0.25, 0.3) is 0 Å². The van der Waals surface area contributed by atoms with Crippen molar-refractivity contribution in [2.24, 2.45) is 11.7 Å². The van der Waals surface area contributed by atoms with Crippen LogP contribution in [0, 0.1) is 5.92 Å². The Kier molecular flexibility index (Phi) is 5.34. The molecule has 1 aliphatic heterocycles. The summed E-state index contributed by atoms with van der Waals surface area (Å²) >= 11 is 5.13. The van der Waals surface area contributed by atoms with Crippen LogP contribution in [0.2, 0.25) is 0 Å². The van der Waals surface area contributed by atoms with Crippen molar-refractivity contribution in [3.8, 4) is 0 Å². The van der Waals surface area contributed by atoms with Crippen molar-refractivity contribution >= 4 is 23.1 Å². The number of nitrogens with zero attached hydrogens (tertiary/aromatic N) is 1. The Balaban J connectivity index is 2.29. The molecule has 0 spiro atoms. The third-order valence-electron chi connectivity index (χ3n) is 4.50. The van der Waals surface area contributed by atoms with E-state index in [-0.39, 0.29) is 17.9 Å². The highest BCUT2D eigenvalue weighted by atomic mass is 32.1. The number of amides is 1. The number of nitrogens with two attached hydrogens (primary N) is 1. The minimum absolute atomic E-state index is 0.0669. The summed E-state index contributed by atoms with van der Waals surface area (Å²) in [7, 11) is 0. The van der Waals surface area contributed by atoms with Crippen molar-refractivity contribution < 1.29 is 4.79 Å². The molecule has 1 amide bonds. The Morgan fingerprint density at radius 2 is 2.10 bits per heavy atom. The summed E-state index contributed by atoms with van der Waals surface area (Å²) in [5, 5.41) is 0. The highest BCUT2D eigenvalue weighted by Crippen LogP contribution is 2.32. The number of rotatable bonds is 5. The molecule has 1 aliphatic rings. The van der Waals surface area contributed by atoms with E-state index < -0.39 is 0 Å². The van der Waals surface area contributed by atoms with E-state index in [0.717, 1.165) is 31.4 Å². The Labute approximate surface area is 132 Å². The van der Waals surface area contributed by atoms with Crippen molar-refractivity contribution in [2.45, 2.75) is 45.1 Å². The number of likely N-dealkylation sites (tertiary alicyclic amines) is 1. The highest BCUT2D eigenvalue weighted by Gasteiger charge is 2.36. The zero-order valence-corrected chi connectivity index (χ0v) is 13.6. The lowest BCUT2D eigenvalue weighted by molar-refractivity contribution is -0.133. The summed E-state index contributed by atoms with van der Waals surface area (Å²) in [6, 6.07) is 9.99. The van der Waals surface area contributed by atoms with Gasteiger partial charge in [0.2, 0.25) is 5.91 Å². The molecule has 4 heteroatoms. The van der Waals surface area contributed by atoms with Gasteiger partial charge in [0, 0.05) is 6.54 Å². The largest absolute Gasteiger partial charge is 0.392 e. The van der Waals surface area contributed by atoms with Gasteiger partial charge in [-0.05, 0) is 24.3 Å². The number of thiocarbonyl (C=S) groups is 1. The van der Waals surface area contributed by atoms with E-state index in [0.29, 0.717) is 10.9 Å². The predicted molar refractivity (Wildman–Crippen MR) is 90.2 cm³/mol. The van der Waals surface area contributed by atoms with Gasteiger partial charge in [0.15, 0.2) is 0 Å². The maximum atomic E-state index is 13.1. The Bertz CT molecular complexity index is 503. The first-order valence-electron chi connectivity index (χ1n) is 7.71. The first-order chi connectivity index (χ1) is 10.1. The van der Waals surface area contributed by atoms with Gasteiger partial charge in [-0.1, -0.05) is 62.8 Å². The van der Waals surface area contributed by atoms with Gasteiger partial charge in [-0.2, -0.15) is 0 Å². The number of carbonyl (C=O) groups excluding carboxylic acids is 1. The van der Waals surface area contributed by atoms with Gasteiger partial charge in [0.05, 0.1) is 16.9 Å². The lowest BCUT2D eigenvalue weighted by Crippen LogP contribution is -2.45. The third-order valence-corrected chi connectivity index (χ3v) is 4.77. The zero-order valence-electron chi connectivity index (χ0n) is 12.8. The Morgan fingerprint density at radius 1 is 1.43 bits per heavy atom. The summed E-state index contributed by atoms with van der Waals surface area (Å²) in [5.74, 6) is 0.365. The van der Waals surface area contributed by atoms with Gasteiger partial charge in [-0.3, -0.25) is 4.79 Å². The highest BCUT2D eigenvalue weighted by molar-refractivity contribution is 7.80. The SMILES string of the molecule is CCC(C)C(C(=O)N1CCCC1C(N)=S)c1ccccc1. The fourth-order valence-corrected chi connectivity index (χ4v) is 3.36. The molecule has 2 N–H and O–H groups in total. The van der Waals surface area contributed by atoms with Crippen LogP contribution in [-0.2, 0) is 4.79 Å². The fourth-order valence-electron chi connectivity index (χ4n) is 3.12. The molecule has 1 aromatic carbocycles. The average molecular weight is 304 g/mol. The topological polar surface area (TPSA) is 46.3 Å². The van der Waals surface area contributed by atoms with Crippen LogP contribution >= 0.6 is 12.2 Å². The van der Waals surface area contributed by atoms with E-state index in [9.17, 15) is 4.79 Å². The Hall–Kier alpha value is -1.42. The van der Waals surface area contributed by atoms with E-state index in [4.69, 9.17) is 18.0 Å². The summed E-state index contributed by atoms with van der Waals surface area (Å²) in [6.45, 7) is 5.03. The fraction of sp³-hybridized carbons (Fsp3) is 0.529. The van der Waals surface area contributed by atoms with E-state index in [2.05, 4.69) is 13.8 Å². The number of benzene rings is 1. The molecular formula is C17H24N2OS. The normalized spacial score (nSPS) is 21.0. The van der Waals surface area contributed by atoms with Crippen LogP contribution in [0.5, 0.6) is 0 Å². The van der Waals surface area contributed by atoms with Crippen LogP contribution in [0.15, 0.2) is 30.3 Å². The molecule has 3 nitrogen and oxygen atoms in total. The molecule has 0 aromatic heterocycles. The molecule has 2 rings (SSSR count). The van der Waals surface area contributed by atoms with E-state index in [1.807, 2.05) is 35.2 Å². The molecule has 3 atom stereocenters. The van der Waals surface area contributed by atoms with Gasteiger partial charge >= 0.3 is 0 Å². The van der Waals surface area contributed by atoms with Crippen LogP contribution in [0.1, 0.15) is 44.6 Å². The molecule has 1 heterocycles. The first-order valence-corrected chi connectivity index (χ1v) is 8.11. The standard InChI is InChI=1S/C17H24N2OS/c1-3-12(2)15(13-8-5-4-6-9-13)17(20)19-11-7-10-14(19)16(18)21/h4-6,8-9,12,14-15H,3,7,10-11H2,1-2H3,(H2,18,21). The van der Waals surface area contributed by atoms with E-state index in [1.54, 1.807) is 0 Å². The molecule has 114 valence electrons. The maximum Gasteiger partial charge on any atom is 0.230 e. The number of hydrogen-bond acceptors (Lipinski definition) is 2. The first kappa shape index (κ1) is 16.0. The predicted octanol–water partition coefficient (Wildman–Crippen LogP) is 3.09. The second kappa shape index (κ2) is 7.03. The minimum atomic E-state index is -0.105. The van der Waals surface area contributed by atoms with Crippen LogP contribution in [0.4, 0.5) is 0 Å². The monoisotopic (exact) mass is 304 g/mol. The molecule has 1 aromatic rings. The maximum absolute atomic E-state index is 13.1. The molecule has 1 saturated heterocycles.